The molecule has 0 aliphatic heterocycles. The molecule has 0 spiro atoms. The molecule has 0 saturated heterocycles. The van der Waals surface area contributed by atoms with E-state index in [1.165, 1.54) is 12.1 Å². The van der Waals surface area contributed by atoms with Crippen molar-refractivity contribution in [2.45, 2.75) is 26.3 Å². The van der Waals surface area contributed by atoms with Crippen molar-refractivity contribution in [2.75, 3.05) is 17.2 Å². The van der Waals surface area contributed by atoms with Gasteiger partial charge in [-0.05, 0) is 43.7 Å². The number of nitrogens with zero attached hydrogens (tertiary/aromatic N) is 4. The van der Waals surface area contributed by atoms with E-state index in [1.54, 1.807) is 18.3 Å². The summed E-state index contributed by atoms with van der Waals surface area (Å²) in [5, 5.41) is 6.43. The summed E-state index contributed by atoms with van der Waals surface area (Å²) in [4.78, 5) is 17.3. The normalized spacial score (nSPS) is 11.8. The van der Waals surface area contributed by atoms with E-state index in [0.29, 0.717) is 24.3 Å². The smallest absolute Gasteiger partial charge is 0.228 e. The topological polar surface area (TPSA) is 75.6 Å². The van der Waals surface area contributed by atoms with Crippen molar-refractivity contribution in [3.8, 4) is 0 Å². The van der Waals surface area contributed by atoms with Crippen molar-refractivity contribution in [3.63, 3.8) is 0 Å². The van der Waals surface area contributed by atoms with Crippen molar-refractivity contribution < 1.29 is 4.39 Å². The lowest BCUT2D eigenvalue weighted by atomic mass is 10.1. The molecule has 2 N–H and O–H groups in total. The highest BCUT2D eigenvalue weighted by Gasteiger charge is 2.09. The van der Waals surface area contributed by atoms with Crippen LogP contribution in [0.2, 0.25) is 0 Å². The number of nitrogens with one attached hydrogen (secondary N) is 2. The third-order valence-corrected chi connectivity index (χ3v) is 3.85. The predicted molar refractivity (Wildman–Crippen MR) is 99.4 cm³/mol. The highest BCUT2D eigenvalue weighted by atomic mass is 19.1. The average molecular weight is 352 g/mol. The van der Waals surface area contributed by atoms with Gasteiger partial charge in [-0.3, -0.25) is 4.98 Å². The molecule has 0 fully saturated rings. The van der Waals surface area contributed by atoms with Gasteiger partial charge in [-0.25, -0.2) is 4.39 Å². The lowest BCUT2D eigenvalue weighted by Gasteiger charge is -2.15. The van der Waals surface area contributed by atoms with Crippen molar-refractivity contribution in [1.82, 2.24) is 19.9 Å². The molecule has 2 aromatic heterocycles. The largest absolute Gasteiger partial charge is 0.354 e. The van der Waals surface area contributed by atoms with Crippen LogP contribution in [0.3, 0.4) is 0 Å². The van der Waals surface area contributed by atoms with E-state index in [4.69, 9.17) is 0 Å². The zero-order valence-corrected chi connectivity index (χ0v) is 14.8. The van der Waals surface area contributed by atoms with Gasteiger partial charge in [0.2, 0.25) is 11.9 Å². The number of hydrogen-bond acceptors (Lipinski definition) is 6. The number of pyridine rings is 1. The van der Waals surface area contributed by atoms with E-state index in [-0.39, 0.29) is 11.9 Å². The third kappa shape index (κ3) is 4.95. The first kappa shape index (κ1) is 17.7. The highest BCUT2D eigenvalue weighted by Crippen LogP contribution is 2.18. The fourth-order valence-corrected chi connectivity index (χ4v) is 2.50. The molecule has 2 heterocycles. The van der Waals surface area contributed by atoms with E-state index in [2.05, 4.69) is 30.6 Å². The SMILES string of the molecule is Cc1nc(NCCc2ccccn2)nc(N[C@@H](C)c2ccc(F)cc2)n1. The fourth-order valence-electron chi connectivity index (χ4n) is 2.50. The second kappa shape index (κ2) is 8.33. The first-order valence-electron chi connectivity index (χ1n) is 8.48. The van der Waals surface area contributed by atoms with Gasteiger partial charge in [-0.1, -0.05) is 18.2 Å². The Balaban J connectivity index is 1.62. The van der Waals surface area contributed by atoms with Crippen LogP contribution >= 0.6 is 0 Å². The maximum absolute atomic E-state index is 13.1. The van der Waals surface area contributed by atoms with Gasteiger partial charge in [-0.2, -0.15) is 15.0 Å². The van der Waals surface area contributed by atoms with Crippen molar-refractivity contribution >= 4 is 11.9 Å². The molecule has 0 unspecified atom stereocenters. The molecule has 0 radical (unpaired) electrons. The lowest BCUT2D eigenvalue weighted by Crippen LogP contribution is -2.14. The molecule has 3 rings (SSSR count). The van der Waals surface area contributed by atoms with Crippen LogP contribution < -0.4 is 10.6 Å². The number of benzene rings is 1. The second-order valence-corrected chi connectivity index (χ2v) is 5.95. The first-order valence-corrected chi connectivity index (χ1v) is 8.48. The minimum atomic E-state index is -0.253. The molecule has 0 bridgehead atoms. The summed E-state index contributed by atoms with van der Waals surface area (Å²) in [6.07, 6.45) is 2.56. The van der Waals surface area contributed by atoms with Crippen LogP contribution in [0.5, 0.6) is 0 Å². The summed E-state index contributed by atoms with van der Waals surface area (Å²) < 4.78 is 13.1. The molecule has 134 valence electrons. The van der Waals surface area contributed by atoms with Crippen LogP contribution in [-0.4, -0.2) is 26.5 Å². The Bertz CT molecular complexity index is 838. The maximum Gasteiger partial charge on any atom is 0.228 e. The van der Waals surface area contributed by atoms with Gasteiger partial charge in [0, 0.05) is 24.9 Å². The van der Waals surface area contributed by atoms with Crippen molar-refractivity contribution in [1.29, 1.82) is 0 Å². The van der Waals surface area contributed by atoms with Gasteiger partial charge in [0.05, 0.1) is 6.04 Å². The number of rotatable bonds is 7. The number of anilines is 2. The van der Waals surface area contributed by atoms with Gasteiger partial charge in [0.1, 0.15) is 11.6 Å². The third-order valence-electron chi connectivity index (χ3n) is 3.85. The Morgan fingerprint density at radius 1 is 1.00 bits per heavy atom. The minimum Gasteiger partial charge on any atom is -0.354 e. The van der Waals surface area contributed by atoms with Crippen LogP contribution in [0.1, 0.15) is 30.0 Å². The van der Waals surface area contributed by atoms with Gasteiger partial charge in [0.15, 0.2) is 0 Å². The molecule has 0 amide bonds. The Labute approximate surface area is 152 Å². The van der Waals surface area contributed by atoms with Crippen LogP contribution in [0.25, 0.3) is 0 Å². The number of aromatic nitrogens is 4. The van der Waals surface area contributed by atoms with E-state index in [1.807, 2.05) is 32.0 Å². The molecule has 0 aliphatic rings. The molecule has 3 aromatic rings. The minimum absolute atomic E-state index is 0.0567. The molecule has 7 heteroatoms. The molecule has 6 nitrogen and oxygen atoms in total. The van der Waals surface area contributed by atoms with E-state index in [0.717, 1.165) is 17.7 Å². The molecule has 1 atom stereocenters. The summed E-state index contributed by atoms with van der Waals surface area (Å²) in [5.74, 6) is 1.36. The standard InChI is InChI=1S/C19H21FN6/c1-13(15-6-8-16(20)9-7-15)23-19-25-14(2)24-18(26-19)22-12-10-17-5-3-4-11-21-17/h3-9,11,13H,10,12H2,1-2H3,(H2,22,23,24,25,26)/t13-/m0/s1. The quantitative estimate of drug-likeness (QED) is 0.677. The van der Waals surface area contributed by atoms with Crippen molar-refractivity contribution in [3.05, 3.63) is 71.6 Å². The van der Waals surface area contributed by atoms with Crippen LogP contribution in [0.15, 0.2) is 48.7 Å². The van der Waals surface area contributed by atoms with Gasteiger partial charge < -0.3 is 10.6 Å². The van der Waals surface area contributed by atoms with E-state index < -0.39 is 0 Å². The lowest BCUT2D eigenvalue weighted by molar-refractivity contribution is 0.626. The summed E-state index contributed by atoms with van der Waals surface area (Å²) in [7, 11) is 0. The van der Waals surface area contributed by atoms with E-state index in [9.17, 15) is 4.39 Å². The Morgan fingerprint density at radius 2 is 1.77 bits per heavy atom. The highest BCUT2D eigenvalue weighted by molar-refractivity contribution is 5.37. The molecule has 0 saturated carbocycles. The molecular formula is C19H21FN6. The zero-order chi connectivity index (χ0) is 18.4. The summed E-state index contributed by atoms with van der Waals surface area (Å²) in [6, 6.07) is 12.2. The first-order chi connectivity index (χ1) is 12.6. The zero-order valence-electron chi connectivity index (χ0n) is 14.8. The second-order valence-electron chi connectivity index (χ2n) is 5.95. The molecule has 0 aliphatic carbocycles. The number of aryl methyl sites for hydroxylation is 1. The van der Waals surface area contributed by atoms with Gasteiger partial charge in [0.25, 0.3) is 0 Å². The molecule has 1 aromatic carbocycles. The molecule has 26 heavy (non-hydrogen) atoms. The fraction of sp³-hybridized carbons (Fsp3) is 0.263. The van der Waals surface area contributed by atoms with Crippen LogP contribution in [-0.2, 0) is 6.42 Å². The van der Waals surface area contributed by atoms with Gasteiger partial charge in [-0.15, -0.1) is 0 Å². The summed E-state index contributed by atoms with van der Waals surface area (Å²) in [6.45, 7) is 4.47. The van der Waals surface area contributed by atoms with E-state index >= 15 is 0 Å². The Kier molecular flexibility index (Phi) is 5.68. The Hall–Kier alpha value is -3.09. The maximum atomic E-state index is 13.1. The summed E-state index contributed by atoms with van der Waals surface area (Å²) in [5.41, 5.74) is 1.96. The number of hydrogen-bond donors (Lipinski definition) is 2. The van der Waals surface area contributed by atoms with Gasteiger partial charge >= 0.3 is 0 Å². The van der Waals surface area contributed by atoms with Crippen LogP contribution in [0.4, 0.5) is 16.3 Å². The summed E-state index contributed by atoms with van der Waals surface area (Å²) >= 11 is 0. The van der Waals surface area contributed by atoms with Crippen LogP contribution in [0, 0.1) is 12.7 Å². The predicted octanol–water partition coefficient (Wildman–Crippen LogP) is 3.54. The Morgan fingerprint density at radius 3 is 2.50 bits per heavy atom. The monoisotopic (exact) mass is 352 g/mol. The molecular weight excluding hydrogens is 331 g/mol. The average Bonchev–Trinajstić information content (AvgIpc) is 2.62. The number of halogens is 1. The van der Waals surface area contributed by atoms with Crippen molar-refractivity contribution in [2.24, 2.45) is 0 Å².